The predicted molar refractivity (Wildman–Crippen MR) is 70.8 cm³/mol. The second-order valence-corrected chi connectivity index (χ2v) is 5.19. The number of halogens is 1. The minimum Gasteiger partial charge on any atom is -0.478 e. The van der Waals surface area contributed by atoms with Gasteiger partial charge in [0, 0.05) is 12.7 Å². The summed E-state index contributed by atoms with van der Waals surface area (Å²) in [6, 6.07) is 10.5. The fourth-order valence-corrected chi connectivity index (χ4v) is 2.47. The van der Waals surface area contributed by atoms with E-state index in [0.717, 1.165) is 10.7 Å². The van der Waals surface area contributed by atoms with Crippen molar-refractivity contribution in [1.29, 1.82) is 0 Å². The summed E-state index contributed by atoms with van der Waals surface area (Å²) in [7, 11) is 1.88. The van der Waals surface area contributed by atoms with Gasteiger partial charge >= 0.3 is 5.97 Å². The van der Waals surface area contributed by atoms with Crippen LogP contribution in [0.4, 0.5) is 10.7 Å². The van der Waals surface area contributed by atoms with Crippen molar-refractivity contribution in [1.82, 2.24) is 0 Å². The van der Waals surface area contributed by atoms with Gasteiger partial charge in [0.15, 0.2) is 0 Å². The molecule has 1 aromatic heterocycles. The molecule has 1 aromatic carbocycles. The van der Waals surface area contributed by atoms with Crippen molar-refractivity contribution in [2.24, 2.45) is 0 Å². The Kier molecular flexibility index (Phi) is 3.36. The van der Waals surface area contributed by atoms with Gasteiger partial charge < -0.3 is 10.0 Å². The molecule has 0 aliphatic carbocycles. The Labute approximate surface area is 108 Å². The van der Waals surface area contributed by atoms with Crippen LogP contribution in [0.3, 0.4) is 0 Å². The summed E-state index contributed by atoms with van der Waals surface area (Å²) in [5, 5.41) is 9.90. The number of carboxylic acid groups (broad SMARTS) is 1. The fourth-order valence-electron chi connectivity index (χ4n) is 1.46. The number of hydrogen-bond donors (Lipinski definition) is 1. The first-order chi connectivity index (χ1) is 8.08. The number of anilines is 2. The number of nitrogens with zero attached hydrogens (tertiary/aromatic N) is 1. The average molecular weight is 268 g/mol. The molecule has 0 aliphatic heterocycles. The Hall–Kier alpha value is -1.52. The largest absolute Gasteiger partial charge is 0.478 e. The van der Waals surface area contributed by atoms with E-state index in [-0.39, 0.29) is 5.56 Å². The predicted octanol–water partition coefficient (Wildman–Crippen LogP) is 3.87. The third-order valence-electron chi connectivity index (χ3n) is 2.37. The first kappa shape index (κ1) is 12.0. The van der Waals surface area contributed by atoms with Crippen molar-refractivity contribution in [3.05, 3.63) is 46.3 Å². The van der Waals surface area contributed by atoms with Crippen LogP contribution in [0.1, 0.15) is 10.4 Å². The van der Waals surface area contributed by atoms with E-state index in [1.54, 1.807) is 18.2 Å². The monoisotopic (exact) mass is 267 g/mol. The minimum absolute atomic E-state index is 0.275. The van der Waals surface area contributed by atoms with Crippen molar-refractivity contribution in [2.45, 2.75) is 0 Å². The van der Waals surface area contributed by atoms with Crippen LogP contribution in [0.25, 0.3) is 0 Å². The van der Waals surface area contributed by atoms with Gasteiger partial charge in [0.25, 0.3) is 0 Å². The highest BCUT2D eigenvalue weighted by Crippen LogP contribution is 2.33. The van der Waals surface area contributed by atoms with Crippen molar-refractivity contribution < 1.29 is 9.90 Å². The Bertz CT molecular complexity index is 553. The van der Waals surface area contributed by atoms with E-state index in [1.807, 2.05) is 30.1 Å². The van der Waals surface area contributed by atoms with Crippen LogP contribution in [-0.2, 0) is 0 Å². The first-order valence-corrected chi connectivity index (χ1v) is 6.10. The lowest BCUT2D eigenvalue weighted by molar-refractivity contribution is 0.0697. The molecule has 88 valence electrons. The number of aromatic carboxylic acids is 1. The van der Waals surface area contributed by atoms with Gasteiger partial charge in [0.2, 0.25) is 0 Å². The van der Waals surface area contributed by atoms with Crippen molar-refractivity contribution >= 4 is 39.6 Å². The lowest BCUT2D eigenvalue weighted by atomic mass is 10.2. The van der Waals surface area contributed by atoms with Crippen LogP contribution in [-0.4, -0.2) is 18.1 Å². The van der Waals surface area contributed by atoms with E-state index in [9.17, 15) is 4.79 Å². The van der Waals surface area contributed by atoms with E-state index in [0.29, 0.717) is 4.34 Å². The van der Waals surface area contributed by atoms with Gasteiger partial charge in [0.05, 0.1) is 14.9 Å². The van der Waals surface area contributed by atoms with Crippen LogP contribution in [0.15, 0.2) is 36.4 Å². The molecule has 0 atom stereocenters. The van der Waals surface area contributed by atoms with E-state index >= 15 is 0 Å². The van der Waals surface area contributed by atoms with Crippen LogP contribution in [0.5, 0.6) is 0 Å². The molecular weight excluding hydrogens is 258 g/mol. The lowest BCUT2D eigenvalue weighted by Crippen LogP contribution is -2.08. The Balaban J connectivity index is 2.33. The summed E-state index contributed by atoms with van der Waals surface area (Å²) in [4.78, 5) is 12.8. The number of carboxylic acids is 1. The van der Waals surface area contributed by atoms with Crippen LogP contribution in [0.2, 0.25) is 4.34 Å². The molecule has 17 heavy (non-hydrogen) atoms. The molecule has 2 aromatic rings. The molecule has 0 bridgehead atoms. The van der Waals surface area contributed by atoms with Gasteiger partial charge in [-0.3, -0.25) is 0 Å². The molecule has 3 nitrogen and oxygen atoms in total. The smallest absolute Gasteiger partial charge is 0.335 e. The quantitative estimate of drug-likeness (QED) is 0.918. The van der Waals surface area contributed by atoms with Gasteiger partial charge in [-0.1, -0.05) is 17.7 Å². The zero-order chi connectivity index (χ0) is 12.4. The van der Waals surface area contributed by atoms with E-state index in [4.69, 9.17) is 16.7 Å². The third-order valence-corrected chi connectivity index (χ3v) is 3.68. The third kappa shape index (κ3) is 2.60. The molecule has 0 saturated heterocycles. The zero-order valence-electron chi connectivity index (χ0n) is 9.05. The summed E-state index contributed by atoms with van der Waals surface area (Å²) in [6.07, 6.45) is 0. The Morgan fingerprint density at radius 1 is 1.35 bits per heavy atom. The molecule has 1 N–H and O–H groups in total. The normalized spacial score (nSPS) is 10.2. The first-order valence-electron chi connectivity index (χ1n) is 4.90. The second-order valence-electron chi connectivity index (χ2n) is 3.49. The molecule has 0 amide bonds. The highest BCUT2D eigenvalue weighted by atomic mass is 35.5. The zero-order valence-corrected chi connectivity index (χ0v) is 10.6. The molecule has 0 radical (unpaired) electrons. The average Bonchev–Trinajstić information content (AvgIpc) is 2.75. The van der Waals surface area contributed by atoms with Crippen LogP contribution in [0, 0.1) is 0 Å². The number of rotatable bonds is 3. The summed E-state index contributed by atoms with van der Waals surface area (Å²) in [5.74, 6) is -0.926. The van der Waals surface area contributed by atoms with Crippen molar-refractivity contribution in [3.8, 4) is 0 Å². The van der Waals surface area contributed by atoms with Crippen LogP contribution >= 0.6 is 22.9 Å². The summed E-state index contributed by atoms with van der Waals surface area (Å²) < 4.78 is 0.709. The number of carbonyl (C=O) groups is 1. The Morgan fingerprint density at radius 3 is 2.71 bits per heavy atom. The summed E-state index contributed by atoms with van der Waals surface area (Å²) >= 11 is 7.32. The van der Waals surface area contributed by atoms with Gasteiger partial charge in [-0.05, 0) is 30.3 Å². The van der Waals surface area contributed by atoms with Gasteiger partial charge in [0.1, 0.15) is 0 Å². The molecule has 0 fully saturated rings. The number of benzene rings is 1. The molecule has 1 heterocycles. The molecule has 5 heteroatoms. The number of thiophene rings is 1. The van der Waals surface area contributed by atoms with Gasteiger partial charge in [-0.25, -0.2) is 4.79 Å². The maximum atomic E-state index is 10.9. The molecular formula is C12H10ClNO2S. The molecule has 0 aliphatic rings. The van der Waals surface area contributed by atoms with Gasteiger partial charge in [-0.2, -0.15) is 0 Å². The van der Waals surface area contributed by atoms with Crippen molar-refractivity contribution in [2.75, 3.05) is 11.9 Å². The maximum Gasteiger partial charge on any atom is 0.335 e. The fraction of sp³-hybridized carbons (Fsp3) is 0.0833. The SMILES string of the molecule is CN(c1cccc(C(=O)O)c1)c1ccc(Cl)s1. The Morgan fingerprint density at radius 2 is 2.12 bits per heavy atom. The lowest BCUT2D eigenvalue weighted by Gasteiger charge is -2.17. The molecule has 0 saturated carbocycles. The summed E-state index contributed by atoms with van der Waals surface area (Å²) in [6.45, 7) is 0. The minimum atomic E-state index is -0.926. The number of hydrogen-bond acceptors (Lipinski definition) is 3. The molecule has 0 unspecified atom stereocenters. The van der Waals surface area contributed by atoms with E-state index in [1.165, 1.54) is 11.3 Å². The second kappa shape index (κ2) is 4.77. The maximum absolute atomic E-state index is 10.9. The topological polar surface area (TPSA) is 40.5 Å². The van der Waals surface area contributed by atoms with E-state index < -0.39 is 5.97 Å². The van der Waals surface area contributed by atoms with E-state index in [2.05, 4.69) is 0 Å². The summed E-state index contributed by atoms with van der Waals surface area (Å²) in [5.41, 5.74) is 1.10. The highest BCUT2D eigenvalue weighted by molar-refractivity contribution is 7.20. The standard InChI is InChI=1S/C12H10ClNO2S/c1-14(11-6-5-10(13)17-11)9-4-2-3-8(7-9)12(15)16/h2-7H,1H3,(H,15,16). The van der Waals surface area contributed by atoms with Crippen LogP contribution < -0.4 is 4.90 Å². The van der Waals surface area contributed by atoms with Crippen molar-refractivity contribution in [3.63, 3.8) is 0 Å². The highest BCUT2D eigenvalue weighted by Gasteiger charge is 2.09. The van der Waals surface area contributed by atoms with Gasteiger partial charge in [-0.15, -0.1) is 11.3 Å². The molecule has 0 spiro atoms. The molecule has 2 rings (SSSR count).